The van der Waals surface area contributed by atoms with Crippen LogP contribution in [0.3, 0.4) is 0 Å². The molecule has 0 bridgehead atoms. The predicted octanol–water partition coefficient (Wildman–Crippen LogP) is 4.21. The van der Waals surface area contributed by atoms with Crippen molar-refractivity contribution in [2.24, 2.45) is 0 Å². The minimum Gasteiger partial charge on any atom is -0.396 e. The van der Waals surface area contributed by atoms with Gasteiger partial charge in [-0.15, -0.1) is 0 Å². The summed E-state index contributed by atoms with van der Waals surface area (Å²) >= 11 is 3.15. The molecule has 1 nitrogen and oxygen atoms in total. The fourth-order valence-corrected chi connectivity index (χ4v) is 4.79. The van der Waals surface area contributed by atoms with Crippen LogP contribution in [-0.2, 0) is 0 Å². The lowest BCUT2D eigenvalue weighted by molar-refractivity contribution is 0.296. The highest BCUT2D eigenvalue weighted by atomic mass is 79.9. The topological polar surface area (TPSA) is 20.2 Å². The number of halogens is 1. The first kappa shape index (κ1) is 18.9. The Balaban J connectivity index is 0.000000368. The van der Waals surface area contributed by atoms with Gasteiger partial charge in [0.1, 0.15) is 0 Å². The molecule has 0 spiro atoms. The van der Waals surface area contributed by atoms with E-state index in [9.17, 15) is 0 Å². The molecule has 1 N–H and O–H groups in total. The molecule has 0 aromatic heterocycles. The van der Waals surface area contributed by atoms with Gasteiger partial charge in [-0.25, -0.2) is 0 Å². The Kier molecular flexibility index (Phi) is 8.76. The van der Waals surface area contributed by atoms with E-state index in [1.54, 1.807) is 0 Å². The van der Waals surface area contributed by atoms with E-state index >= 15 is 0 Å². The molecular formula is C21H22BrOP. The van der Waals surface area contributed by atoms with Gasteiger partial charge in [-0.1, -0.05) is 107 Å². The molecule has 0 atom stereocenters. The summed E-state index contributed by atoms with van der Waals surface area (Å²) in [6, 6.07) is 32.3. The van der Waals surface area contributed by atoms with Crippen LogP contribution in [0.5, 0.6) is 0 Å². The van der Waals surface area contributed by atoms with Crippen LogP contribution in [0, 0.1) is 0 Å². The molecule has 0 unspecified atom stereocenters. The van der Waals surface area contributed by atoms with Crippen molar-refractivity contribution in [1.29, 1.82) is 0 Å². The molecule has 0 saturated heterocycles. The van der Waals surface area contributed by atoms with Crippen molar-refractivity contribution in [3.63, 3.8) is 0 Å². The summed E-state index contributed by atoms with van der Waals surface area (Å²) in [5, 5.41) is 13.1. The van der Waals surface area contributed by atoms with Crippen molar-refractivity contribution in [3.05, 3.63) is 91.0 Å². The summed E-state index contributed by atoms with van der Waals surface area (Å²) in [6.45, 7) is 0.297. The van der Waals surface area contributed by atoms with Gasteiger partial charge in [0, 0.05) is 11.9 Å². The lowest BCUT2D eigenvalue weighted by atomic mass is 10.4. The van der Waals surface area contributed by atoms with E-state index in [2.05, 4.69) is 107 Å². The zero-order valence-electron chi connectivity index (χ0n) is 13.6. The fourth-order valence-electron chi connectivity index (χ4n) is 2.24. The minimum absolute atomic E-state index is 0.297. The molecular weight excluding hydrogens is 379 g/mol. The number of alkyl halides is 1. The van der Waals surface area contributed by atoms with Crippen LogP contribution in [0.2, 0.25) is 0 Å². The molecule has 0 saturated carbocycles. The van der Waals surface area contributed by atoms with E-state index < -0.39 is 7.92 Å². The Labute approximate surface area is 154 Å². The highest BCUT2D eigenvalue weighted by Gasteiger charge is 2.14. The zero-order valence-corrected chi connectivity index (χ0v) is 16.0. The predicted molar refractivity (Wildman–Crippen MR) is 111 cm³/mol. The van der Waals surface area contributed by atoms with Crippen LogP contribution in [0.1, 0.15) is 6.42 Å². The van der Waals surface area contributed by atoms with Crippen LogP contribution in [0.4, 0.5) is 0 Å². The molecule has 0 amide bonds. The number of aliphatic hydroxyl groups is 1. The lowest BCUT2D eigenvalue weighted by Crippen LogP contribution is -2.20. The molecule has 3 aromatic carbocycles. The van der Waals surface area contributed by atoms with E-state index in [4.69, 9.17) is 5.11 Å². The van der Waals surface area contributed by atoms with Gasteiger partial charge in [0.2, 0.25) is 0 Å². The molecule has 24 heavy (non-hydrogen) atoms. The maximum absolute atomic E-state index is 8.04. The molecule has 0 aliphatic rings. The van der Waals surface area contributed by atoms with Gasteiger partial charge in [-0.05, 0) is 30.3 Å². The second kappa shape index (κ2) is 11.1. The van der Waals surface area contributed by atoms with E-state index in [0.29, 0.717) is 6.61 Å². The monoisotopic (exact) mass is 400 g/mol. The van der Waals surface area contributed by atoms with Gasteiger partial charge in [-0.2, -0.15) is 0 Å². The van der Waals surface area contributed by atoms with Crippen molar-refractivity contribution >= 4 is 39.8 Å². The molecule has 3 heteroatoms. The second-order valence-corrected chi connectivity index (χ2v) is 8.12. The van der Waals surface area contributed by atoms with Gasteiger partial charge in [0.15, 0.2) is 0 Å². The number of aliphatic hydroxyl groups excluding tert-OH is 1. The van der Waals surface area contributed by atoms with Crippen LogP contribution in [0.15, 0.2) is 91.0 Å². The first-order valence-corrected chi connectivity index (χ1v) is 10.4. The van der Waals surface area contributed by atoms with Crippen LogP contribution in [-0.4, -0.2) is 17.0 Å². The molecule has 0 radical (unpaired) electrons. The summed E-state index contributed by atoms with van der Waals surface area (Å²) in [5.74, 6) is 0. The first-order valence-electron chi connectivity index (χ1n) is 7.99. The quantitative estimate of drug-likeness (QED) is 0.502. The van der Waals surface area contributed by atoms with Gasteiger partial charge < -0.3 is 5.11 Å². The van der Waals surface area contributed by atoms with Crippen LogP contribution >= 0.6 is 23.9 Å². The number of hydrogen-bond donors (Lipinski definition) is 1. The summed E-state index contributed by atoms with van der Waals surface area (Å²) < 4.78 is 0. The SMILES string of the molecule is OCCCBr.c1ccc(P(c2ccccc2)c2ccccc2)cc1. The fraction of sp³-hybridized carbons (Fsp3) is 0.143. The highest BCUT2D eigenvalue weighted by molar-refractivity contribution is 9.09. The molecule has 3 aromatic rings. The molecule has 0 aliphatic carbocycles. The standard InChI is InChI=1S/C18H15P.C3H7BrO/c1-4-10-16(11-5-1)19(17-12-6-2-7-13-17)18-14-8-3-9-15-18;4-2-1-3-5/h1-15H;5H,1-3H2. The molecule has 124 valence electrons. The van der Waals surface area contributed by atoms with Gasteiger partial charge in [-0.3, -0.25) is 0 Å². The Bertz CT molecular complexity index is 578. The molecule has 3 rings (SSSR count). The summed E-state index contributed by atoms with van der Waals surface area (Å²) in [4.78, 5) is 0. The number of hydrogen-bond acceptors (Lipinski definition) is 1. The average molecular weight is 401 g/mol. The third-order valence-corrected chi connectivity index (χ3v) is 6.34. The van der Waals surface area contributed by atoms with Crippen molar-refractivity contribution in [2.45, 2.75) is 6.42 Å². The Morgan fingerprint density at radius 1 is 0.625 bits per heavy atom. The summed E-state index contributed by atoms with van der Waals surface area (Å²) in [7, 11) is -0.446. The highest BCUT2D eigenvalue weighted by Crippen LogP contribution is 2.32. The van der Waals surface area contributed by atoms with Crippen molar-refractivity contribution in [1.82, 2.24) is 0 Å². The van der Waals surface area contributed by atoms with Crippen LogP contribution in [0.25, 0.3) is 0 Å². The largest absolute Gasteiger partial charge is 0.396 e. The minimum atomic E-state index is -0.446. The zero-order chi connectivity index (χ0) is 17.0. The van der Waals surface area contributed by atoms with E-state index in [1.165, 1.54) is 15.9 Å². The Morgan fingerprint density at radius 2 is 0.958 bits per heavy atom. The Morgan fingerprint density at radius 3 is 1.17 bits per heavy atom. The summed E-state index contributed by atoms with van der Waals surface area (Å²) in [6.07, 6.45) is 0.861. The third-order valence-electron chi connectivity index (χ3n) is 3.33. The van der Waals surface area contributed by atoms with Crippen molar-refractivity contribution < 1.29 is 5.11 Å². The molecule has 0 aliphatic heterocycles. The van der Waals surface area contributed by atoms with Gasteiger partial charge >= 0.3 is 0 Å². The third kappa shape index (κ3) is 5.87. The van der Waals surface area contributed by atoms with Crippen LogP contribution < -0.4 is 15.9 Å². The average Bonchev–Trinajstić information content (AvgIpc) is 2.66. The summed E-state index contributed by atoms with van der Waals surface area (Å²) in [5.41, 5.74) is 0. The van der Waals surface area contributed by atoms with Gasteiger partial charge in [0.25, 0.3) is 0 Å². The molecule has 0 fully saturated rings. The smallest absolute Gasteiger partial charge is 0.0438 e. The normalized spacial score (nSPS) is 10.1. The second-order valence-electron chi connectivity index (χ2n) is 5.11. The maximum Gasteiger partial charge on any atom is 0.0438 e. The number of benzene rings is 3. The van der Waals surface area contributed by atoms with Crippen molar-refractivity contribution in [3.8, 4) is 0 Å². The van der Waals surface area contributed by atoms with E-state index in [1.807, 2.05) is 0 Å². The molecule has 0 heterocycles. The van der Waals surface area contributed by atoms with E-state index in [0.717, 1.165) is 11.8 Å². The van der Waals surface area contributed by atoms with Gasteiger partial charge in [0.05, 0.1) is 0 Å². The Hall–Kier alpha value is -1.47. The first-order chi connectivity index (χ1) is 11.9. The van der Waals surface area contributed by atoms with Crippen molar-refractivity contribution in [2.75, 3.05) is 11.9 Å². The number of rotatable bonds is 5. The lowest BCUT2D eigenvalue weighted by Gasteiger charge is -2.18. The van der Waals surface area contributed by atoms with E-state index in [-0.39, 0.29) is 0 Å². The maximum atomic E-state index is 8.04.